The van der Waals surface area contributed by atoms with Crippen LogP contribution in [0, 0.1) is 5.41 Å². The third-order valence-electron chi connectivity index (χ3n) is 0.495. The lowest BCUT2D eigenvalue weighted by Crippen LogP contribution is -2.20. The van der Waals surface area contributed by atoms with Crippen LogP contribution in [0.15, 0.2) is 0 Å². The summed E-state index contributed by atoms with van der Waals surface area (Å²) >= 11 is 1.50. The van der Waals surface area contributed by atoms with Gasteiger partial charge in [-0.2, -0.15) is 0 Å². The molecule has 0 bridgehead atoms. The second-order valence-corrected chi connectivity index (χ2v) is 1.72. The van der Waals surface area contributed by atoms with Crippen molar-refractivity contribution in [2.45, 2.75) is 0 Å². The van der Waals surface area contributed by atoms with Gasteiger partial charge in [0, 0.05) is 0 Å². The quantitative estimate of drug-likeness (QED) is 0.369. The first-order valence-corrected chi connectivity index (χ1v) is 2.58. The summed E-state index contributed by atoms with van der Waals surface area (Å²) in [6.45, 7) is 0. The van der Waals surface area contributed by atoms with Crippen molar-refractivity contribution in [1.82, 2.24) is 10.0 Å². The molecule has 0 atom stereocenters. The van der Waals surface area contributed by atoms with Crippen molar-refractivity contribution >= 4 is 17.9 Å². The largest absolute Gasteiger partial charge is 0.345 e. The zero-order chi connectivity index (χ0) is 4.41. The van der Waals surface area contributed by atoms with Gasteiger partial charge in [-0.25, -0.2) is 0 Å². The fraction of sp³-hybridized carbons (Fsp3) is 0.500. The van der Waals surface area contributed by atoms with Crippen molar-refractivity contribution < 1.29 is 0 Å². The topological polar surface area (TPSA) is 47.9 Å². The van der Waals surface area contributed by atoms with Crippen molar-refractivity contribution in [2.75, 3.05) is 5.88 Å². The predicted octanol–water partition coefficient (Wildman–Crippen LogP) is -0.280. The lowest BCUT2D eigenvalue weighted by Gasteiger charge is -1.84. The molecule has 3 nitrogen and oxygen atoms in total. The molecule has 0 spiro atoms. The Balaban J connectivity index is 2.37. The molecule has 4 heteroatoms. The van der Waals surface area contributed by atoms with Crippen LogP contribution in [-0.2, 0) is 0 Å². The van der Waals surface area contributed by atoms with Crippen molar-refractivity contribution in [3.05, 3.63) is 0 Å². The van der Waals surface area contributed by atoms with E-state index >= 15 is 0 Å². The Labute approximate surface area is 40.1 Å². The van der Waals surface area contributed by atoms with Gasteiger partial charge in [0.05, 0.1) is 5.88 Å². The van der Waals surface area contributed by atoms with E-state index in [-0.39, 0.29) is 0 Å². The molecule has 1 saturated heterocycles. The number of guanidine groups is 1. The van der Waals surface area contributed by atoms with Gasteiger partial charge in [0.1, 0.15) is 0 Å². The van der Waals surface area contributed by atoms with E-state index in [2.05, 4.69) is 10.0 Å². The first-order chi connectivity index (χ1) is 2.89. The summed E-state index contributed by atoms with van der Waals surface area (Å²) in [4.78, 5) is 0. The zero-order valence-electron chi connectivity index (χ0n) is 3.12. The molecular weight excluding hydrogens is 98.1 g/mol. The van der Waals surface area contributed by atoms with E-state index in [9.17, 15) is 0 Å². The van der Waals surface area contributed by atoms with Crippen LogP contribution < -0.4 is 10.0 Å². The molecule has 0 aromatic carbocycles. The first kappa shape index (κ1) is 3.80. The summed E-state index contributed by atoms with van der Waals surface area (Å²) < 4.78 is 2.71. The van der Waals surface area contributed by atoms with E-state index in [1.807, 2.05) is 0 Å². The molecule has 0 amide bonds. The molecule has 34 valence electrons. The standard InChI is InChI=1S/C2H5N3S/c3-2-4-1-6-5-2/h1H2,(H3,3,4,5). The minimum Gasteiger partial charge on any atom is -0.345 e. The van der Waals surface area contributed by atoms with Crippen LogP contribution in [0.25, 0.3) is 0 Å². The Morgan fingerprint density at radius 1 is 1.83 bits per heavy atom. The number of hydrogen-bond acceptors (Lipinski definition) is 2. The van der Waals surface area contributed by atoms with E-state index in [0.717, 1.165) is 5.88 Å². The highest BCUT2D eigenvalue weighted by molar-refractivity contribution is 7.98. The lowest BCUT2D eigenvalue weighted by atomic mass is 11.0. The normalized spacial score (nSPS) is 19.7. The van der Waals surface area contributed by atoms with Crippen LogP contribution >= 0.6 is 11.9 Å². The molecular formula is C2H5N3S. The third kappa shape index (κ3) is 0.567. The minimum atomic E-state index is 0.417. The Morgan fingerprint density at radius 3 is 2.83 bits per heavy atom. The minimum absolute atomic E-state index is 0.417. The molecule has 1 fully saturated rings. The molecule has 0 aromatic heterocycles. The number of nitrogens with one attached hydrogen (secondary N) is 3. The number of hydrogen-bond donors (Lipinski definition) is 3. The Kier molecular flexibility index (Phi) is 0.874. The molecule has 1 rings (SSSR count). The zero-order valence-corrected chi connectivity index (χ0v) is 3.93. The van der Waals surface area contributed by atoms with Crippen molar-refractivity contribution in [2.24, 2.45) is 0 Å². The third-order valence-corrected chi connectivity index (χ3v) is 1.13. The number of rotatable bonds is 0. The second-order valence-electron chi connectivity index (χ2n) is 0.943. The molecule has 1 aliphatic heterocycles. The summed E-state index contributed by atoms with van der Waals surface area (Å²) in [7, 11) is 0. The monoisotopic (exact) mass is 103 g/mol. The molecule has 0 unspecified atom stereocenters. The predicted molar refractivity (Wildman–Crippen MR) is 26.5 cm³/mol. The van der Waals surface area contributed by atoms with Crippen molar-refractivity contribution in [3.63, 3.8) is 0 Å². The average Bonchev–Trinajstić information content (AvgIpc) is 1.86. The van der Waals surface area contributed by atoms with E-state index in [1.165, 1.54) is 11.9 Å². The molecule has 0 radical (unpaired) electrons. The maximum Gasteiger partial charge on any atom is 0.199 e. The van der Waals surface area contributed by atoms with Crippen LogP contribution in [0.1, 0.15) is 0 Å². The highest BCUT2D eigenvalue weighted by Gasteiger charge is 1.99. The van der Waals surface area contributed by atoms with Crippen LogP contribution in [-0.4, -0.2) is 11.8 Å². The fourth-order valence-corrected chi connectivity index (χ4v) is 0.758. The van der Waals surface area contributed by atoms with Gasteiger partial charge in [0.2, 0.25) is 0 Å². The van der Waals surface area contributed by atoms with E-state index < -0.39 is 0 Å². The van der Waals surface area contributed by atoms with Gasteiger partial charge in [0.25, 0.3) is 0 Å². The molecule has 6 heavy (non-hydrogen) atoms. The first-order valence-electron chi connectivity index (χ1n) is 1.60. The van der Waals surface area contributed by atoms with Gasteiger partial charge in [-0.15, -0.1) is 0 Å². The Hall–Kier alpha value is -0.380. The smallest absolute Gasteiger partial charge is 0.199 e. The average molecular weight is 103 g/mol. The molecule has 0 aliphatic carbocycles. The summed E-state index contributed by atoms with van der Waals surface area (Å²) in [6.07, 6.45) is 0. The summed E-state index contributed by atoms with van der Waals surface area (Å²) in [5.74, 6) is 1.23. The highest BCUT2D eigenvalue weighted by atomic mass is 32.2. The van der Waals surface area contributed by atoms with Crippen LogP contribution in [0.2, 0.25) is 0 Å². The van der Waals surface area contributed by atoms with Gasteiger partial charge in [-0.05, 0) is 11.9 Å². The van der Waals surface area contributed by atoms with Gasteiger partial charge in [-0.3, -0.25) is 10.1 Å². The van der Waals surface area contributed by atoms with E-state index in [0.29, 0.717) is 5.96 Å². The van der Waals surface area contributed by atoms with Gasteiger partial charge in [0.15, 0.2) is 5.96 Å². The summed E-state index contributed by atoms with van der Waals surface area (Å²) in [5.41, 5.74) is 0. The van der Waals surface area contributed by atoms with Crippen LogP contribution in [0.3, 0.4) is 0 Å². The van der Waals surface area contributed by atoms with Crippen LogP contribution in [0.4, 0.5) is 0 Å². The van der Waals surface area contributed by atoms with Crippen LogP contribution in [0.5, 0.6) is 0 Å². The molecule has 3 N–H and O–H groups in total. The highest BCUT2D eigenvalue weighted by Crippen LogP contribution is 1.93. The van der Waals surface area contributed by atoms with E-state index in [4.69, 9.17) is 5.41 Å². The lowest BCUT2D eigenvalue weighted by molar-refractivity contribution is 1.11. The summed E-state index contributed by atoms with van der Waals surface area (Å²) in [5, 5.41) is 9.56. The second kappa shape index (κ2) is 1.38. The maximum atomic E-state index is 6.81. The SMILES string of the molecule is N=C1NCSN1. The Bertz CT molecular complexity index is 63.2. The van der Waals surface area contributed by atoms with Gasteiger partial charge >= 0.3 is 0 Å². The van der Waals surface area contributed by atoms with Crippen molar-refractivity contribution in [3.8, 4) is 0 Å². The van der Waals surface area contributed by atoms with E-state index in [1.54, 1.807) is 0 Å². The molecule has 1 heterocycles. The Morgan fingerprint density at radius 2 is 2.67 bits per heavy atom. The molecule has 1 aliphatic rings. The summed E-state index contributed by atoms with van der Waals surface area (Å²) in [6, 6.07) is 0. The maximum absolute atomic E-state index is 6.81. The van der Waals surface area contributed by atoms with Crippen molar-refractivity contribution in [1.29, 1.82) is 5.41 Å². The molecule has 0 aromatic rings. The van der Waals surface area contributed by atoms with Gasteiger partial charge < -0.3 is 5.32 Å². The van der Waals surface area contributed by atoms with Gasteiger partial charge in [-0.1, -0.05) is 0 Å². The fourth-order valence-electron chi connectivity index (χ4n) is 0.253. The molecule has 0 saturated carbocycles.